The van der Waals surface area contributed by atoms with Crippen LogP contribution in [0.4, 0.5) is 5.69 Å². The standard InChI is InChI=1S/C15H21ClN2O/c16-13-2-1-3-15(8-13)18-6-4-14(10-18)17-9-12-5-7-19-11-12/h1-3,8,12,14,17H,4-7,9-11H2. The maximum atomic E-state index is 6.05. The molecule has 1 aromatic carbocycles. The van der Waals surface area contributed by atoms with Gasteiger partial charge in [0.2, 0.25) is 0 Å². The van der Waals surface area contributed by atoms with Gasteiger partial charge >= 0.3 is 0 Å². The highest BCUT2D eigenvalue weighted by Gasteiger charge is 2.24. The average Bonchev–Trinajstić information content (AvgIpc) is 3.08. The zero-order chi connectivity index (χ0) is 13.1. The highest BCUT2D eigenvalue weighted by molar-refractivity contribution is 6.30. The molecule has 0 aromatic heterocycles. The number of benzene rings is 1. The Hall–Kier alpha value is -0.770. The topological polar surface area (TPSA) is 24.5 Å². The highest BCUT2D eigenvalue weighted by atomic mass is 35.5. The Morgan fingerprint density at radius 1 is 1.37 bits per heavy atom. The second kappa shape index (κ2) is 6.12. The van der Waals surface area contributed by atoms with Crippen molar-refractivity contribution >= 4 is 17.3 Å². The molecule has 2 aliphatic heterocycles. The molecule has 2 unspecified atom stereocenters. The van der Waals surface area contributed by atoms with E-state index in [2.05, 4.69) is 22.3 Å². The molecule has 2 aliphatic rings. The van der Waals surface area contributed by atoms with E-state index in [1.807, 2.05) is 12.1 Å². The van der Waals surface area contributed by atoms with E-state index in [0.29, 0.717) is 12.0 Å². The van der Waals surface area contributed by atoms with Crippen molar-refractivity contribution in [1.29, 1.82) is 0 Å². The number of nitrogens with one attached hydrogen (secondary N) is 1. The highest BCUT2D eigenvalue weighted by Crippen LogP contribution is 2.23. The first-order chi connectivity index (χ1) is 9.31. The summed E-state index contributed by atoms with van der Waals surface area (Å²) < 4.78 is 5.41. The van der Waals surface area contributed by atoms with E-state index in [1.54, 1.807) is 0 Å². The Morgan fingerprint density at radius 3 is 3.11 bits per heavy atom. The first-order valence-corrected chi connectivity index (χ1v) is 7.51. The Bertz CT molecular complexity index is 420. The van der Waals surface area contributed by atoms with E-state index in [-0.39, 0.29) is 0 Å². The fourth-order valence-electron chi connectivity index (χ4n) is 2.91. The van der Waals surface area contributed by atoms with Gasteiger partial charge in [-0.1, -0.05) is 17.7 Å². The van der Waals surface area contributed by atoms with Gasteiger partial charge in [0, 0.05) is 43.0 Å². The summed E-state index contributed by atoms with van der Waals surface area (Å²) in [6.07, 6.45) is 2.41. The molecule has 2 saturated heterocycles. The van der Waals surface area contributed by atoms with Crippen LogP contribution in [0.5, 0.6) is 0 Å². The summed E-state index contributed by atoms with van der Waals surface area (Å²) in [7, 11) is 0. The molecule has 1 aromatic rings. The van der Waals surface area contributed by atoms with E-state index in [1.165, 1.54) is 18.5 Å². The number of hydrogen-bond donors (Lipinski definition) is 1. The molecular formula is C15H21ClN2O. The molecule has 0 saturated carbocycles. The first kappa shape index (κ1) is 13.2. The predicted octanol–water partition coefficient (Wildman–Crippen LogP) is 2.54. The number of ether oxygens (including phenoxy) is 1. The fourth-order valence-corrected chi connectivity index (χ4v) is 3.10. The van der Waals surface area contributed by atoms with E-state index in [0.717, 1.165) is 37.9 Å². The third-order valence-corrected chi connectivity index (χ3v) is 4.32. The normalized spacial score (nSPS) is 27.1. The molecule has 104 valence electrons. The Balaban J connectivity index is 1.49. The smallest absolute Gasteiger partial charge is 0.0507 e. The zero-order valence-electron chi connectivity index (χ0n) is 11.1. The third kappa shape index (κ3) is 3.41. The van der Waals surface area contributed by atoms with Gasteiger partial charge in [-0.05, 0) is 37.0 Å². The molecule has 2 atom stereocenters. The molecule has 0 radical (unpaired) electrons. The maximum absolute atomic E-state index is 6.05. The molecule has 0 bridgehead atoms. The van der Waals surface area contributed by atoms with Gasteiger partial charge < -0.3 is 15.0 Å². The predicted molar refractivity (Wildman–Crippen MR) is 79.0 cm³/mol. The molecule has 0 spiro atoms. The lowest BCUT2D eigenvalue weighted by Crippen LogP contribution is -2.36. The number of nitrogens with zero attached hydrogens (tertiary/aromatic N) is 1. The molecule has 2 heterocycles. The van der Waals surface area contributed by atoms with Crippen LogP contribution in [0, 0.1) is 5.92 Å². The summed E-state index contributed by atoms with van der Waals surface area (Å²) in [6, 6.07) is 8.73. The van der Waals surface area contributed by atoms with Crippen molar-refractivity contribution in [3.8, 4) is 0 Å². The SMILES string of the molecule is Clc1cccc(N2CCC(NCC3CCOC3)C2)c1. The zero-order valence-corrected chi connectivity index (χ0v) is 11.9. The molecule has 4 heteroatoms. The lowest BCUT2D eigenvalue weighted by molar-refractivity contribution is 0.184. The Morgan fingerprint density at radius 2 is 2.32 bits per heavy atom. The fraction of sp³-hybridized carbons (Fsp3) is 0.600. The monoisotopic (exact) mass is 280 g/mol. The summed E-state index contributed by atoms with van der Waals surface area (Å²) in [5.41, 5.74) is 1.24. The van der Waals surface area contributed by atoms with Crippen LogP contribution in [-0.2, 0) is 4.74 Å². The van der Waals surface area contributed by atoms with Crippen molar-refractivity contribution < 1.29 is 4.74 Å². The van der Waals surface area contributed by atoms with Gasteiger partial charge in [-0.2, -0.15) is 0 Å². The second-order valence-electron chi connectivity index (χ2n) is 5.55. The van der Waals surface area contributed by atoms with Crippen LogP contribution in [0.15, 0.2) is 24.3 Å². The van der Waals surface area contributed by atoms with Crippen LogP contribution in [0.3, 0.4) is 0 Å². The van der Waals surface area contributed by atoms with E-state index >= 15 is 0 Å². The molecule has 1 N–H and O–H groups in total. The summed E-state index contributed by atoms with van der Waals surface area (Å²) >= 11 is 6.05. The van der Waals surface area contributed by atoms with Crippen LogP contribution in [-0.4, -0.2) is 38.9 Å². The van der Waals surface area contributed by atoms with Crippen LogP contribution in [0.2, 0.25) is 5.02 Å². The molecule has 0 aliphatic carbocycles. The molecular weight excluding hydrogens is 260 g/mol. The second-order valence-corrected chi connectivity index (χ2v) is 5.99. The minimum Gasteiger partial charge on any atom is -0.381 e. The van der Waals surface area contributed by atoms with Gasteiger partial charge in [-0.15, -0.1) is 0 Å². The van der Waals surface area contributed by atoms with Crippen LogP contribution in [0.1, 0.15) is 12.8 Å². The lowest BCUT2D eigenvalue weighted by atomic mass is 10.1. The maximum Gasteiger partial charge on any atom is 0.0507 e. The quantitative estimate of drug-likeness (QED) is 0.917. The number of hydrogen-bond acceptors (Lipinski definition) is 3. The first-order valence-electron chi connectivity index (χ1n) is 7.13. The minimum atomic E-state index is 0.597. The summed E-state index contributed by atoms with van der Waals surface area (Å²) in [5, 5.41) is 4.50. The van der Waals surface area contributed by atoms with E-state index in [9.17, 15) is 0 Å². The molecule has 0 amide bonds. The van der Waals surface area contributed by atoms with Crippen molar-refractivity contribution in [2.24, 2.45) is 5.92 Å². The van der Waals surface area contributed by atoms with E-state index < -0.39 is 0 Å². The van der Waals surface area contributed by atoms with Crippen LogP contribution >= 0.6 is 11.6 Å². The summed E-state index contributed by atoms with van der Waals surface area (Å²) in [6.45, 7) is 5.14. The molecule has 3 rings (SSSR count). The van der Waals surface area contributed by atoms with Crippen molar-refractivity contribution in [2.45, 2.75) is 18.9 Å². The van der Waals surface area contributed by atoms with Gasteiger partial charge in [0.1, 0.15) is 0 Å². The average molecular weight is 281 g/mol. The van der Waals surface area contributed by atoms with Crippen molar-refractivity contribution in [2.75, 3.05) is 37.7 Å². The molecule has 19 heavy (non-hydrogen) atoms. The lowest BCUT2D eigenvalue weighted by Gasteiger charge is -2.20. The van der Waals surface area contributed by atoms with E-state index in [4.69, 9.17) is 16.3 Å². The van der Waals surface area contributed by atoms with Gasteiger partial charge in [-0.25, -0.2) is 0 Å². The van der Waals surface area contributed by atoms with Crippen molar-refractivity contribution in [3.63, 3.8) is 0 Å². The summed E-state index contributed by atoms with van der Waals surface area (Å²) in [4.78, 5) is 2.41. The Kier molecular flexibility index (Phi) is 4.26. The Labute approximate surface area is 119 Å². The molecule has 2 fully saturated rings. The van der Waals surface area contributed by atoms with Crippen LogP contribution in [0.25, 0.3) is 0 Å². The largest absolute Gasteiger partial charge is 0.381 e. The third-order valence-electron chi connectivity index (χ3n) is 4.08. The van der Waals surface area contributed by atoms with Crippen molar-refractivity contribution in [1.82, 2.24) is 5.32 Å². The van der Waals surface area contributed by atoms with Crippen molar-refractivity contribution in [3.05, 3.63) is 29.3 Å². The molecule has 3 nitrogen and oxygen atoms in total. The number of halogens is 1. The number of rotatable bonds is 4. The van der Waals surface area contributed by atoms with Crippen LogP contribution < -0.4 is 10.2 Å². The van der Waals surface area contributed by atoms with Gasteiger partial charge in [0.25, 0.3) is 0 Å². The van der Waals surface area contributed by atoms with Gasteiger partial charge in [0.15, 0.2) is 0 Å². The van der Waals surface area contributed by atoms with Gasteiger partial charge in [0.05, 0.1) is 6.61 Å². The number of anilines is 1. The minimum absolute atomic E-state index is 0.597. The summed E-state index contributed by atoms with van der Waals surface area (Å²) in [5.74, 6) is 0.709. The van der Waals surface area contributed by atoms with Gasteiger partial charge in [-0.3, -0.25) is 0 Å².